The minimum Gasteiger partial charge on any atom is -0.395 e. The lowest BCUT2D eigenvalue weighted by Gasteiger charge is -2.19. The first-order valence-electron chi connectivity index (χ1n) is 6.76. The van der Waals surface area contributed by atoms with Gasteiger partial charge in [-0.3, -0.25) is 0 Å². The van der Waals surface area contributed by atoms with Crippen LogP contribution in [0.25, 0.3) is 11.0 Å². The molecule has 0 amide bonds. The molecule has 1 saturated heterocycles. The number of aliphatic hydroxyl groups excluding tert-OH is 1. The summed E-state index contributed by atoms with van der Waals surface area (Å²) in [7, 11) is 1.69. The van der Waals surface area contributed by atoms with E-state index in [0.29, 0.717) is 19.8 Å². The highest BCUT2D eigenvalue weighted by molar-refractivity contribution is 5.78. The van der Waals surface area contributed by atoms with E-state index < -0.39 is 0 Å². The zero-order valence-corrected chi connectivity index (χ0v) is 11.5. The summed E-state index contributed by atoms with van der Waals surface area (Å²) in [6.45, 7) is 1.77. The van der Waals surface area contributed by atoms with Crippen molar-refractivity contribution in [3.63, 3.8) is 0 Å². The molecule has 6 nitrogen and oxygen atoms in total. The minimum atomic E-state index is 0.0254. The van der Waals surface area contributed by atoms with Crippen LogP contribution >= 0.6 is 0 Å². The summed E-state index contributed by atoms with van der Waals surface area (Å²) in [5.74, 6) is 0.748. The standard InChI is InChI=1S/C14H19N3O3/c1-19-13-9-20-8-11(13)16-14-15-10-4-2-3-5-12(10)17(14)6-7-18/h2-5,11,13,18H,6-9H2,1H3,(H,15,16)/t11-,13-/m0/s1. The number of ether oxygens (including phenoxy) is 2. The number of benzene rings is 1. The van der Waals surface area contributed by atoms with E-state index in [1.54, 1.807) is 7.11 Å². The van der Waals surface area contributed by atoms with Gasteiger partial charge in [0.2, 0.25) is 5.95 Å². The van der Waals surface area contributed by atoms with Crippen LogP contribution in [0, 0.1) is 0 Å². The minimum absolute atomic E-state index is 0.0254. The van der Waals surface area contributed by atoms with Gasteiger partial charge in [-0.25, -0.2) is 4.98 Å². The van der Waals surface area contributed by atoms with Gasteiger partial charge in [0, 0.05) is 13.7 Å². The summed E-state index contributed by atoms with van der Waals surface area (Å²) < 4.78 is 12.8. The monoisotopic (exact) mass is 277 g/mol. The largest absolute Gasteiger partial charge is 0.395 e. The number of hydrogen-bond donors (Lipinski definition) is 2. The maximum Gasteiger partial charge on any atom is 0.204 e. The fourth-order valence-corrected chi connectivity index (χ4v) is 2.58. The van der Waals surface area contributed by atoms with Gasteiger partial charge in [0.05, 0.1) is 36.9 Å². The summed E-state index contributed by atoms with van der Waals surface area (Å²) in [6, 6.07) is 7.97. The van der Waals surface area contributed by atoms with Crippen molar-refractivity contribution >= 4 is 17.0 Å². The number of aliphatic hydroxyl groups is 1. The average Bonchev–Trinajstić information content (AvgIpc) is 3.05. The first-order valence-corrected chi connectivity index (χ1v) is 6.76. The molecule has 0 spiro atoms. The number of methoxy groups -OCH3 is 1. The molecule has 2 N–H and O–H groups in total. The zero-order valence-electron chi connectivity index (χ0n) is 11.5. The Morgan fingerprint density at radius 3 is 3.10 bits per heavy atom. The second-order valence-electron chi connectivity index (χ2n) is 4.86. The molecular formula is C14H19N3O3. The summed E-state index contributed by atoms with van der Waals surface area (Å²) in [4.78, 5) is 4.59. The first kappa shape index (κ1) is 13.4. The molecule has 1 aliphatic rings. The van der Waals surface area contributed by atoms with Crippen LogP contribution in [0.2, 0.25) is 0 Å². The molecule has 1 aromatic heterocycles. The number of nitrogens with zero attached hydrogens (tertiary/aromatic N) is 2. The molecule has 2 atom stereocenters. The molecular weight excluding hydrogens is 258 g/mol. The molecule has 1 fully saturated rings. The lowest BCUT2D eigenvalue weighted by atomic mass is 10.2. The number of rotatable bonds is 5. The summed E-state index contributed by atoms with van der Waals surface area (Å²) in [5.41, 5.74) is 1.92. The summed E-state index contributed by atoms with van der Waals surface area (Å²) >= 11 is 0. The number of para-hydroxylation sites is 2. The van der Waals surface area contributed by atoms with Crippen molar-refractivity contribution in [1.82, 2.24) is 9.55 Å². The Morgan fingerprint density at radius 2 is 2.30 bits per heavy atom. The van der Waals surface area contributed by atoms with Crippen molar-refractivity contribution in [2.24, 2.45) is 0 Å². The number of hydrogen-bond acceptors (Lipinski definition) is 5. The van der Waals surface area contributed by atoms with Crippen LogP contribution < -0.4 is 5.32 Å². The fraction of sp³-hybridized carbons (Fsp3) is 0.500. The predicted octanol–water partition coefficient (Wildman–Crippen LogP) is 0.854. The normalized spacial score (nSPS) is 22.5. The first-order chi connectivity index (χ1) is 9.83. The van der Waals surface area contributed by atoms with Crippen molar-refractivity contribution in [2.75, 3.05) is 32.2 Å². The van der Waals surface area contributed by atoms with Gasteiger partial charge in [-0.1, -0.05) is 12.1 Å². The van der Waals surface area contributed by atoms with Crippen LogP contribution in [0.1, 0.15) is 0 Å². The van der Waals surface area contributed by atoms with Gasteiger partial charge in [-0.15, -0.1) is 0 Å². The number of nitrogens with one attached hydrogen (secondary N) is 1. The van der Waals surface area contributed by atoms with Gasteiger partial charge < -0.3 is 24.5 Å². The average molecular weight is 277 g/mol. The molecule has 0 aliphatic carbocycles. The van der Waals surface area contributed by atoms with E-state index in [2.05, 4.69) is 10.3 Å². The molecule has 0 unspecified atom stereocenters. The molecule has 2 heterocycles. The van der Waals surface area contributed by atoms with Crippen LogP contribution in [-0.2, 0) is 16.0 Å². The van der Waals surface area contributed by atoms with Crippen molar-refractivity contribution in [3.05, 3.63) is 24.3 Å². The highest BCUT2D eigenvalue weighted by Crippen LogP contribution is 2.22. The third kappa shape index (κ3) is 2.37. The lowest BCUT2D eigenvalue weighted by Crippen LogP contribution is -2.34. The smallest absolute Gasteiger partial charge is 0.204 e. The van der Waals surface area contributed by atoms with Crippen molar-refractivity contribution in [2.45, 2.75) is 18.7 Å². The van der Waals surface area contributed by atoms with Gasteiger partial charge in [-0.05, 0) is 12.1 Å². The highest BCUT2D eigenvalue weighted by Gasteiger charge is 2.29. The zero-order chi connectivity index (χ0) is 13.9. The van der Waals surface area contributed by atoms with E-state index in [1.807, 2.05) is 28.8 Å². The molecule has 2 aromatic rings. The summed E-state index contributed by atoms with van der Waals surface area (Å²) in [6.07, 6.45) is 0.0254. The molecule has 3 rings (SSSR count). The van der Waals surface area contributed by atoms with Gasteiger partial charge in [0.1, 0.15) is 6.10 Å². The van der Waals surface area contributed by atoms with Crippen LogP contribution in [0.15, 0.2) is 24.3 Å². The van der Waals surface area contributed by atoms with Crippen LogP contribution in [0.5, 0.6) is 0 Å². The third-order valence-corrected chi connectivity index (χ3v) is 3.62. The number of imidazole rings is 1. The second kappa shape index (κ2) is 5.78. The Morgan fingerprint density at radius 1 is 1.45 bits per heavy atom. The Kier molecular flexibility index (Phi) is 3.86. The Bertz CT molecular complexity index is 584. The van der Waals surface area contributed by atoms with Crippen molar-refractivity contribution in [1.29, 1.82) is 0 Å². The third-order valence-electron chi connectivity index (χ3n) is 3.62. The topological polar surface area (TPSA) is 68.5 Å². The number of aromatic nitrogens is 2. The van der Waals surface area contributed by atoms with Gasteiger partial charge in [-0.2, -0.15) is 0 Å². The summed E-state index contributed by atoms with van der Waals surface area (Å²) in [5, 5.41) is 12.6. The van der Waals surface area contributed by atoms with E-state index in [0.717, 1.165) is 17.0 Å². The number of anilines is 1. The van der Waals surface area contributed by atoms with Crippen molar-refractivity contribution in [3.8, 4) is 0 Å². The van der Waals surface area contributed by atoms with Gasteiger partial charge in [0.25, 0.3) is 0 Å². The highest BCUT2D eigenvalue weighted by atomic mass is 16.5. The fourth-order valence-electron chi connectivity index (χ4n) is 2.58. The maximum atomic E-state index is 9.26. The molecule has 20 heavy (non-hydrogen) atoms. The Labute approximate surface area is 117 Å². The molecule has 0 bridgehead atoms. The Hall–Kier alpha value is -1.63. The van der Waals surface area contributed by atoms with E-state index >= 15 is 0 Å². The van der Waals surface area contributed by atoms with Crippen LogP contribution in [-0.4, -0.2) is 53.7 Å². The maximum absolute atomic E-state index is 9.26. The molecule has 6 heteroatoms. The van der Waals surface area contributed by atoms with E-state index in [1.165, 1.54) is 0 Å². The Balaban J connectivity index is 1.91. The van der Waals surface area contributed by atoms with Gasteiger partial charge >= 0.3 is 0 Å². The second-order valence-corrected chi connectivity index (χ2v) is 4.86. The van der Waals surface area contributed by atoms with E-state index in [-0.39, 0.29) is 18.8 Å². The van der Waals surface area contributed by atoms with Gasteiger partial charge in [0.15, 0.2) is 0 Å². The van der Waals surface area contributed by atoms with Crippen LogP contribution in [0.4, 0.5) is 5.95 Å². The van der Waals surface area contributed by atoms with Crippen LogP contribution in [0.3, 0.4) is 0 Å². The predicted molar refractivity (Wildman–Crippen MR) is 75.8 cm³/mol. The molecule has 0 saturated carbocycles. The molecule has 108 valence electrons. The van der Waals surface area contributed by atoms with E-state index in [4.69, 9.17) is 9.47 Å². The SMILES string of the molecule is CO[C@H]1COC[C@@H]1Nc1nc2ccccc2n1CCO. The molecule has 1 aliphatic heterocycles. The lowest BCUT2D eigenvalue weighted by molar-refractivity contribution is 0.0794. The quantitative estimate of drug-likeness (QED) is 0.848. The number of fused-ring (bicyclic) bond motifs is 1. The van der Waals surface area contributed by atoms with E-state index in [9.17, 15) is 5.11 Å². The molecule has 0 radical (unpaired) electrons. The molecule has 1 aromatic carbocycles. The van der Waals surface area contributed by atoms with Crippen molar-refractivity contribution < 1.29 is 14.6 Å².